The Bertz CT molecular complexity index is 363. The summed E-state index contributed by atoms with van der Waals surface area (Å²) in [4.78, 5) is 11.2. The molecule has 18 heavy (non-hydrogen) atoms. The molecule has 0 bridgehead atoms. The number of carbonyl (C=O) groups excluding carboxylic acids is 1. The second-order valence-electron chi connectivity index (χ2n) is 4.58. The molecule has 1 aromatic carbocycles. The van der Waals surface area contributed by atoms with E-state index < -0.39 is 0 Å². The van der Waals surface area contributed by atoms with Gasteiger partial charge < -0.3 is 4.74 Å². The second-order valence-corrected chi connectivity index (χ2v) is 4.58. The van der Waals surface area contributed by atoms with E-state index in [1.807, 2.05) is 12.1 Å². The van der Waals surface area contributed by atoms with E-state index in [0.29, 0.717) is 18.1 Å². The van der Waals surface area contributed by atoms with Crippen molar-refractivity contribution in [3.63, 3.8) is 0 Å². The Morgan fingerprint density at radius 2 is 2.06 bits per heavy atom. The molecule has 1 atom stereocenters. The number of benzene rings is 1. The molecule has 0 aliphatic carbocycles. The van der Waals surface area contributed by atoms with Crippen LogP contribution >= 0.6 is 0 Å². The summed E-state index contributed by atoms with van der Waals surface area (Å²) in [6.45, 7) is 5.73. The third-order valence-electron chi connectivity index (χ3n) is 2.80. The van der Waals surface area contributed by atoms with Gasteiger partial charge in [-0.05, 0) is 30.0 Å². The fourth-order valence-electron chi connectivity index (χ4n) is 1.79. The van der Waals surface area contributed by atoms with Crippen molar-refractivity contribution < 1.29 is 9.53 Å². The van der Waals surface area contributed by atoms with E-state index in [4.69, 9.17) is 10.6 Å². The number of rotatable bonds is 7. The van der Waals surface area contributed by atoms with Crippen molar-refractivity contribution in [3.05, 3.63) is 35.4 Å². The van der Waals surface area contributed by atoms with Crippen LogP contribution in [0.25, 0.3) is 0 Å². The number of nitrogen functional groups attached to an aromatic ring is 1. The van der Waals surface area contributed by atoms with Gasteiger partial charge in [0.25, 0.3) is 5.91 Å². The average molecular weight is 250 g/mol. The van der Waals surface area contributed by atoms with Gasteiger partial charge in [0.1, 0.15) is 0 Å². The molecule has 0 aliphatic rings. The van der Waals surface area contributed by atoms with Crippen LogP contribution in [0, 0.1) is 5.92 Å². The first-order chi connectivity index (χ1) is 8.67. The zero-order valence-corrected chi connectivity index (χ0v) is 11.1. The van der Waals surface area contributed by atoms with E-state index in [2.05, 4.69) is 19.3 Å². The minimum absolute atomic E-state index is 0.279. The maximum Gasteiger partial charge on any atom is 0.265 e. The van der Waals surface area contributed by atoms with Gasteiger partial charge in [-0.1, -0.05) is 32.4 Å². The lowest BCUT2D eigenvalue weighted by Gasteiger charge is -2.10. The summed E-state index contributed by atoms with van der Waals surface area (Å²) in [5, 5.41) is 0. The van der Waals surface area contributed by atoms with Crippen molar-refractivity contribution in [3.8, 4) is 0 Å². The summed E-state index contributed by atoms with van der Waals surface area (Å²) in [6.07, 6.45) is 2.38. The fraction of sp³-hybridized carbons (Fsp3) is 0.500. The van der Waals surface area contributed by atoms with Crippen molar-refractivity contribution in [2.24, 2.45) is 11.8 Å². The highest BCUT2D eigenvalue weighted by molar-refractivity contribution is 5.93. The lowest BCUT2D eigenvalue weighted by atomic mass is 10.1. The lowest BCUT2D eigenvalue weighted by molar-refractivity contribution is 0.0892. The van der Waals surface area contributed by atoms with Gasteiger partial charge in [0.2, 0.25) is 0 Å². The van der Waals surface area contributed by atoms with Crippen LogP contribution in [0.1, 0.15) is 42.6 Å². The summed E-state index contributed by atoms with van der Waals surface area (Å²) >= 11 is 0. The van der Waals surface area contributed by atoms with Gasteiger partial charge in [0, 0.05) is 12.2 Å². The maximum atomic E-state index is 11.2. The van der Waals surface area contributed by atoms with E-state index in [9.17, 15) is 4.79 Å². The Morgan fingerprint density at radius 3 is 2.61 bits per heavy atom. The summed E-state index contributed by atoms with van der Waals surface area (Å²) in [7, 11) is 0. The van der Waals surface area contributed by atoms with Gasteiger partial charge in [-0.15, -0.1) is 0 Å². The summed E-state index contributed by atoms with van der Waals surface area (Å²) in [6, 6.07) is 7.26. The second kappa shape index (κ2) is 7.84. The normalized spacial score (nSPS) is 12.2. The third-order valence-corrected chi connectivity index (χ3v) is 2.80. The molecule has 1 aromatic rings. The van der Waals surface area contributed by atoms with Crippen molar-refractivity contribution in [1.29, 1.82) is 0 Å². The van der Waals surface area contributed by atoms with Crippen LogP contribution < -0.4 is 11.3 Å². The predicted molar refractivity (Wildman–Crippen MR) is 71.8 cm³/mol. The molecule has 4 nitrogen and oxygen atoms in total. The molecule has 0 saturated carbocycles. The highest BCUT2D eigenvalue weighted by Gasteiger charge is 2.04. The van der Waals surface area contributed by atoms with Crippen LogP contribution in [-0.2, 0) is 11.3 Å². The van der Waals surface area contributed by atoms with Gasteiger partial charge in [-0.25, -0.2) is 5.84 Å². The molecule has 0 saturated heterocycles. The van der Waals surface area contributed by atoms with E-state index in [1.165, 1.54) is 12.8 Å². The Hall–Kier alpha value is -1.39. The fourth-order valence-corrected chi connectivity index (χ4v) is 1.79. The number of ether oxygens (including phenoxy) is 1. The quantitative estimate of drug-likeness (QED) is 0.443. The molecule has 0 aliphatic heterocycles. The van der Waals surface area contributed by atoms with Crippen LogP contribution in [0.15, 0.2) is 24.3 Å². The first-order valence-corrected chi connectivity index (χ1v) is 6.35. The molecular weight excluding hydrogens is 228 g/mol. The molecule has 0 fully saturated rings. The number of nitrogens with two attached hydrogens (primary N) is 1. The topological polar surface area (TPSA) is 64.3 Å². The Balaban J connectivity index is 2.37. The van der Waals surface area contributed by atoms with Gasteiger partial charge in [-0.3, -0.25) is 10.2 Å². The lowest BCUT2D eigenvalue weighted by Crippen LogP contribution is -2.29. The Morgan fingerprint density at radius 1 is 1.39 bits per heavy atom. The Labute approximate surface area is 108 Å². The largest absolute Gasteiger partial charge is 0.376 e. The maximum absolute atomic E-state index is 11.2. The minimum atomic E-state index is -0.279. The van der Waals surface area contributed by atoms with E-state index in [-0.39, 0.29) is 5.91 Å². The molecule has 0 aromatic heterocycles. The van der Waals surface area contributed by atoms with Crippen molar-refractivity contribution in [2.45, 2.75) is 33.3 Å². The number of hydrogen-bond donors (Lipinski definition) is 2. The average Bonchev–Trinajstić information content (AvgIpc) is 2.39. The molecule has 4 heteroatoms. The standard InChI is InChI=1S/C14H22N2O2/c1-3-4-11(2)9-18-10-12-5-7-13(8-6-12)14(17)16-15/h5-8,11H,3-4,9-10,15H2,1-2H3,(H,16,17). The van der Waals surface area contributed by atoms with Crippen molar-refractivity contribution in [2.75, 3.05) is 6.61 Å². The van der Waals surface area contributed by atoms with Crippen LogP contribution in [0.2, 0.25) is 0 Å². The molecule has 0 spiro atoms. The highest BCUT2D eigenvalue weighted by Crippen LogP contribution is 2.09. The molecule has 100 valence electrons. The molecule has 3 N–H and O–H groups in total. The number of carbonyl (C=O) groups is 1. The van der Waals surface area contributed by atoms with Gasteiger partial charge in [0.15, 0.2) is 0 Å². The molecule has 1 amide bonds. The van der Waals surface area contributed by atoms with Crippen LogP contribution in [0.3, 0.4) is 0 Å². The smallest absolute Gasteiger partial charge is 0.265 e. The van der Waals surface area contributed by atoms with E-state index in [0.717, 1.165) is 12.2 Å². The first-order valence-electron chi connectivity index (χ1n) is 6.35. The molecule has 0 radical (unpaired) electrons. The van der Waals surface area contributed by atoms with Crippen LogP contribution in [0.5, 0.6) is 0 Å². The van der Waals surface area contributed by atoms with Crippen molar-refractivity contribution >= 4 is 5.91 Å². The van der Waals surface area contributed by atoms with E-state index >= 15 is 0 Å². The van der Waals surface area contributed by atoms with E-state index in [1.54, 1.807) is 12.1 Å². The minimum Gasteiger partial charge on any atom is -0.376 e. The monoisotopic (exact) mass is 250 g/mol. The molecular formula is C14H22N2O2. The third kappa shape index (κ3) is 4.85. The number of nitrogens with one attached hydrogen (secondary N) is 1. The predicted octanol–water partition coefficient (Wildman–Crippen LogP) is 2.24. The van der Waals surface area contributed by atoms with Crippen LogP contribution in [0.4, 0.5) is 0 Å². The van der Waals surface area contributed by atoms with Gasteiger partial charge >= 0.3 is 0 Å². The first kappa shape index (κ1) is 14.7. The Kier molecular flexibility index (Phi) is 6.39. The summed E-state index contributed by atoms with van der Waals surface area (Å²) in [5.41, 5.74) is 3.72. The van der Waals surface area contributed by atoms with Gasteiger partial charge in [-0.2, -0.15) is 0 Å². The highest BCUT2D eigenvalue weighted by atomic mass is 16.5. The zero-order valence-electron chi connectivity index (χ0n) is 11.1. The molecule has 1 rings (SSSR count). The zero-order chi connectivity index (χ0) is 13.4. The summed E-state index contributed by atoms with van der Waals surface area (Å²) in [5.74, 6) is 5.38. The van der Waals surface area contributed by atoms with Gasteiger partial charge in [0.05, 0.1) is 6.61 Å². The van der Waals surface area contributed by atoms with Crippen LogP contribution in [-0.4, -0.2) is 12.5 Å². The summed E-state index contributed by atoms with van der Waals surface area (Å²) < 4.78 is 5.64. The molecule has 1 unspecified atom stereocenters. The number of amides is 1. The number of hydrogen-bond acceptors (Lipinski definition) is 3. The number of hydrazine groups is 1. The van der Waals surface area contributed by atoms with Crippen molar-refractivity contribution in [1.82, 2.24) is 5.43 Å². The SMILES string of the molecule is CCCC(C)COCc1ccc(C(=O)NN)cc1. The molecule has 0 heterocycles.